The lowest BCUT2D eigenvalue weighted by Crippen LogP contribution is -2.40. The monoisotopic (exact) mass is 298 g/mol. The van der Waals surface area contributed by atoms with Crippen LogP contribution in [0.15, 0.2) is 30.3 Å². The van der Waals surface area contributed by atoms with Gasteiger partial charge < -0.3 is 15.0 Å². The molecule has 1 aliphatic rings. The fourth-order valence-electron chi connectivity index (χ4n) is 2.35. The van der Waals surface area contributed by atoms with Crippen molar-refractivity contribution in [3.63, 3.8) is 0 Å². The Morgan fingerprint density at radius 2 is 2.15 bits per heavy atom. The fraction of sp³-hybridized carbons (Fsp3) is 0.533. The number of halogens is 1. The Balaban J connectivity index is 0.00000200. The molecule has 1 saturated heterocycles. The van der Waals surface area contributed by atoms with Crippen LogP contribution in [0.5, 0.6) is 0 Å². The molecule has 0 saturated carbocycles. The van der Waals surface area contributed by atoms with E-state index in [4.69, 9.17) is 4.74 Å². The van der Waals surface area contributed by atoms with Gasteiger partial charge in [-0.05, 0) is 31.9 Å². The van der Waals surface area contributed by atoms with E-state index in [9.17, 15) is 4.79 Å². The van der Waals surface area contributed by atoms with Crippen LogP contribution in [0.2, 0.25) is 0 Å². The van der Waals surface area contributed by atoms with Gasteiger partial charge in [-0.15, -0.1) is 12.4 Å². The Morgan fingerprint density at radius 3 is 2.75 bits per heavy atom. The van der Waals surface area contributed by atoms with Crippen LogP contribution in [0.4, 0.5) is 5.69 Å². The quantitative estimate of drug-likeness (QED) is 0.876. The molecule has 1 aromatic rings. The Kier molecular flexibility index (Phi) is 7.59. The number of rotatable bonds is 6. The highest BCUT2D eigenvalue weighted by Gasteiger charge is 2.17. The average molecular weight is 299 g/mol. The summed E-state index contributed by atoms with van der Waals surface area (Å²) in [6.07, 6.45) is 2.50. The van der Waals surface area contributed by atoms with Gasteiger partial charge in [0.15, 0.2) is 0 Å². The molecule has 5 heteroatoms. The zero-order valence-electron chi connectivity index (χ0n) is 11.9. The number of para-hydroxylation sites is 1. The number of anilines is 1. The van der Waals surface area contributed by atoms with E-state index in [1.54, 1.807) is 4.90 Å². The number of hydrogen-bond acceptors (Lipinski definition) is 3. The van der Waals surface area contributed by atoms with E-state index in [-0.39, 0.29) is 24.4 Å². The smallest absolute Gasteiger partial charge is 0.240 e. The highest BCUT2D eigenvalue weighted by atomic mass is 35.5. The van der Waals surface area contributed by atoms with Gasteiger partial charge in [0.1, 0.15) is 0 Å². The van der Waals surface area contributed by atoms with Crippen LogP contribution in [-0.4, -0.2) is 38.3 Å². The number of benzene rings is 1. The number of carbonyl (C=O) groups excluding carboxylic acids is 1. The fourth-order valence-corrected chi connectivity index (χ4v) is 2.35. The molecule has 0 spiro atoms. The molecule has 2 rings (SSSR count). The molecule has 20 heavy (non-hydrogen) atoms. The SMILES string of the molecule is CCN(C(=O)CNCC1CCCO1)c1ccccc1.Cl. The molecular formula is C15H23ClN2O2. The van der Waals surface area contributed by atoms with Gasteiger partial charge in [0.05, 0.1) is 12.6 Å². The molecule has 0 aromatic heterocycles. The van der Waals surface area contributed by atoms with E-state index in [1.807, 2.05) is 37.3 Å². The zero-order chi connectivity index (χ0) is 13.5. The number of carbonyl (C=O) groups is 1. The predicted molar refractivity (Wildman–Crippen MR) is 83.6 cm³/mol. The van der Waals surface area contributed by atoms with Crippen LogP contribution in [0.1, 0.15) is 19.8 Å². The number of nitrogens with zero attached hydrogens (tertiary/aromatic N) is 1. The lowest BCUT2D eigenvalue weighted by atomic mass is 10.2. The van der Waals surface area contributed by atoms with Crippen LogP contribution < -0.4 is 10.2 Å². The summed E-state index contributed by atoms with van der Waals surface area (Å²) in [5.41, 5.74) is 0.953. The van der Waals surface area contributed by atoms with Gasteiger partial charge in [0.2, 0.25) is 5.91 Å². The maximum Gasteiger partial charge on any atom is 0.240 e. The van der Waals surface area contributed by atoms with Crippen LogP contribution in [0.25, 0.3) is 0 Å². The van der Waals surface area contributed by atoms with Gasteiger partial charge in [-0.25, -0.2) is 0 Å². The predicted octanol–water partition coefficient (Wildman–Crippen LogP) is 2.23. The minimum atomic E-state index is 0. The van der Waals surface area contributed by atoms with Gasteiger partial charge in [0.25, 0.3) is 0 Å². The van der Waals surface area contributed by atoms with Crippen LogP contribution in [0, 0.1) is 0 Å². The van der Waals surface area contributed by atoms with Crippen molar-refractivity contribution in [2.75, 3.05) is 31.1 Å². The van der Waals surface area contributed by atoms with Crippen LogP contribution >= 0.6 is 12.4 Å². The molecule has 0 aliphatic carbocycles. The molecule has 112 valence electrons. The van der Waals surface area contributed by atoms with Crippen LogP contribution in [0.3, 0.4) is 0 Å². The number of ether oxygens (including phenoxy) is 1. The number of likely N-dealkylation sites (N-methyl/N-ethyl adjacent to an activating group) is 1. The van der Waals surface area contributed by atoms with Gasteiger partial charge in [0, 0.05) is 25.4 Å². The van der Waals surface area contributed by atoms with E-state index < -0.39 is 0 Å². The largest absolute Gasteiger partial charge is 0.377 e. The summed E-state index contributed by atoms with van der Waals surface area (Å²) in [4.78, 5) is 14.0. The third kappa shape index (κ3) is 4.78. The maximum atomic E-state index is 12.2. The first-order valence-corrected chi connectivity index (χ1v) is 6.99. The molecule has 1 fully saturated rings. The van der Waals surface area contributed by atoms with Crippen LogP contribution in [-0.2, 0) is 9.53 Å². The standard InChI is InChI=1S/C15H22N2O2.ClH/c1-2-17(13-7-4-3-5-8-13)15(18)12-16-11-14-9-6-10-19-14;/h3-5,7-8,14,16H,2,6,9-12H2,1H3;1H. The molecule has 1 atom stereocenters. The molecule has 1 N–H and O–H groups in total. The Morgan fingerprint density at radius 1 is 1.40 bits per heavy atom. The van der Waals surface area contributed by atoms with Crippen molar-refractivity contribution in [1.29, 1.82) is 0 Å². The van der Waals surface area contributed by atoms with Gasteiger partial charge >= 0.3 is 0 Å². The van der Waals surface area contributed by atoms with E-state index in [0.717, 1.165) is 31.7 Å². The normalized spacial score (nSPS) is 17.6. The van der Waals surface area contributed by atoms with E-state index in [0.29, 0.717) is 13.1 Å². The number of nitrogens with one attached hydrogen (secondary N) is 1. The second-order valence-corrected chi connectivity index (χ2v) is 4.74. The second kappa shape index (κ2) is 8.95. The topological polar surface area (TPSA) is 41.6 Å². The lowest BCUT2D eigenvalue weighted by molar-refractivity contribution is -0.117. The Bertz CT molecular complexity index is 394. The average Bonchev–Trinajstić information content (AvgIpc) is 2.94. The van der Waals surface area contributed by atoms with Crippen molar-refractivity contribution in [3.05, 3.63) is 30.3 Å². The summed E-state index contributed by atoms with van der Waals surface area (Å²) in [5.74, 6) is 0.103. The van der Waals surface area contributed by atoms with Crippen molar-refractivity contribution < 1.29 is 9.53 Å². The lowest BCUT2D eigenvalue weighted by Gasteiger charge is -2.21. The van der Waals surface area contributed by atoms with E-state index in [1.165, 1.54) is 0 Å². The first-order chi connectivity index (χ1) is 9.31. The van der Waals surface area contributed by atoms with E-state index in [2.05, 4.69) is 5.32 Å². The second-order valence-electron chi connectivity index (χ2n) is 4.74. The van der Waals surface area contributed by atoms with Gasteiger partial charge in [-0.1, -0.05) is 18.2 Å². The molecule has 0 bridgehead atoms. The summed E-state index contributed by atoms with van der Waals surface area (Å²) in [7, 11) is 0. The maximum absolute atomic E-state index is 12.2. The summed E-state index contributed by atoms with van der Waals surface area (Å²) < 4.78 is 5.52. The highest BCUT2D eigenvalue weighted by molar-refractivity contribution is 5.94. The molecule has 1 amide bonds. The Labute approximate surface area is 126 Å². The zero-order valence-corrected chi connectivity index (χ0v) is 12.7. The minimum absolute atomic E-state index is 0. The molecule has 1 unspecified atom stereocenters. The number of amides is 1. The summed E-state index contributed by atoms with van der Waals surface area (Å²) in [6.45, 7) is 4.65. The minimum Gasteiger partial charge on any atom is -0.377 e. The van der Waals surface area contributed by atoms with Crippen molar-refractivity contribution >= 4 is 24.0 Å². The first-order valence-electron chi connectivity index (χ1n) is 6.99. The summed E-state index contributed by atoms with van der Waals surface area (Å²) in [5, 5.41) is 3.20. The highest BCUT2D eigenvalue weighted by Crippen LogP contribution is 2.13. The van der Waals surface area contributed by atoms with Crippen molar-refractivity contribution in [1.82, 2.24) is 5.32 Å². The summed E-state index contributed by atoms with van der Waals surface area (Å²) in [6, 6.07) is 9.77. The van der Waals surface area contributed by atoms with Crippen molar-refractivity contribution in [2.45, 2.75) is 25.9 Å². The molecule has 4 nitrogen and oxygen atoms in total. The summed E-state index contributed by atoms with van der Waals surface area (Å²) >= 11 is 0. The van der Waals surface area contributed by atoms with Crippen molar-refractivity contribution in [2.24, 2.45) is 0 Å². The van der Waals surface area contributed by atoms with E-state index >= 15 is 0 Å². The molecular weight excluding hydrogens is 276 g/mol. The third-order valence-electron chi connectivity index (χ3n) is 3.36. The number of hydrogen-bond donors (Lipinski definition) is 1. The van der Waals surface area contributed by atoms with Crippen molar-refractivity contribution in [3.8, 4) is 0 Å². The van der Waals surface area contributed by atoms with Gasteiger partial charge in [-0.3, -0.25) is 4.79 Å². The van der Waals surface area contributed by atoms with Gasteiger partial charge in [-0.2, -0.15) is 0 Å². The molecule has 1 heterocycles. The Hall–Kier alpha value is -1.10. The molecule has 1 aromatic carbocycles. The third-order valence-corrected chi connectivity index (χ3v) is 3.36. The molecule has 0 radical (unpaired) electrons. The first kappa shape index (κ1) is 17.0. The molecule has 1 aliphatic heterocycles.